The van der Waals surface area contributed by atoms with Gasteiger partial charge in [0.15, 0.2) is 0 Å². The molecule has 0 atom stereocenters. The standard InChI is InChI=1S/C7H6BrNO2S/c8-6-2-1-3-7-5(6)4-9-12(7,10)11/h1-3,9H,4H2. The van der Waals surface area contributed by atoms with Gasteiger partial charge in [0.25, 0.3) is 0 Å². The van der Waals surface area contributed by atoms with Crippen LogP contribution >= 0.6 is 15.9 Å². The molecule has 1 aromatic carbocycles. The summed E-state index contributed by atoms with van der Waals surface area (Å²) in [6.07, 6.45) is 0. The second kappa shape index (κ2) is 2.55. The minimum Gasteiger partial charge on any atom is -0.207 e. The maximum atomic E-state index is 11.3. The smallest absolute Gasteiger partial charge is 0.207 e. The topological polar surface area (TPSA) is 46.2 Å². The van der Waals surface area contributed by atoms with E-state index in [4.69, 9.17) is 0 Å². The molecule has 1 N–H and O–H groups in total. The van der Waals surface area contributed by atoms with Crippen LogP contribution in [0.5, 0.6) is 0 Å². The van der Waals surface area contributed by atoms with Crippen LogP contribution in [0.15, 0.2) is 27.6 Å². The highest BCUT2D eigenvalue weighted by Gasteiger charge is 2.26. The van der Waals surface area contributed by atoms with Crippen molar-refractivity contribution >= 4 is 26.0 Å². The van der Waals surface area contributed by atoms with Gasteiger partial charge in [-0.2, -0.15) is 0 Å². The van der Waals surface area contributed by atoms with E-state index < -0.39 is 10.0 Å². The lowest BCUT2D eigenvalue weighted by Crippen LogP contribution is -2.13. The molecule has 0 saturated carbocycles. The van der Waals surface area contributed by atoms with Gasteiger partial charge in [-0.15, -0.1) is 0 Å². The van der Waals surface area contributed by atoms with Crippen LogP contribution in [0.3, 0.4) is 0 Å². The van der Waals surface area contributed by atoms with Gasteiger partial charge in [-0.3, -0.25) is 0 Å². The Kier molecular flexibility index (Phi) is 1.75. The van der Waals surface area contributed by atoms with E-state index in [1.54, 1.807) is 12.1 Å². The Hall–Kier alpha value is -0.390. The van der Waals surface area contributed by atoms with Crippen LogP contribution in [0.25, 0.3) is 0 Å². The van der Waals surface area contributed by atoms with Crippen LogP contribution in [0.1, 0.15) is 5.56 Å². The van der Waals surface area contributed by atoms with Crippen molar-refractivity contribution in [2.24, 2.45) is 0 Å². The van der Waals surface area contributed by atoms with Crippen LogP contribution in [0.2, 0.25) is 0 Å². The van der Waals surface area contributed by atoms with Crippen molar-refractivity contribution < 1.29 is 8.42 Å². The first-order valence-corrected chi connectivity index (χ1v) is 5.66. The van der Waals surface area contributed by atoms with Crippen LogP contribution in [0.4, 0.5) is 0 Å². The summed E-state index contributed by atoms with van der Waals surface area (Å²) in [4.78, 5) is 0.386. The van der Waals surface area contributed by atoms with Crippen molar-refractivity contribution in [3.8, 4) is 0 Å². The predicted octanol–water partition coefficient (Wildman–Crippen LogP) is 1.24. The molecule has 1 aliphatic rings. The molecule has 2 rings (SSSR count). The van der Waals surface area contributed by atoms with E-state index in [-0.39, 0.29) is 0 Å². The van der Waals surface area contributed by atoms with Crippen molar-refractivity contribution in [3.05, 3.63) is 28.2 Å². The van der Waals surface area contributed by atoms with Gasteiger partial charge in [0.1, 0.15) is 0 Å². The summed E-state index contributed by atoms with van der Waals surface area (Å²) in [6, 6.07) is 5.16. The Labute approximate surface area is 79.0 Å². The van der Waals surface area contributed by atoms with Crippen molar-refractivity contribution in [1.82, 2.24) is 4.72 Å². The second-order valence-corrected chi connectivity index (χ2v) is 5.13. The van der Waals surface area contributed by atoms with E-state index in [1.165, 1.54) is 0 Å². The predicted molar refractivity (Wildman–Crippen MR) is 48.2 cm³/mol. The summed E-state index contributed by atoms with van der Waals surface area (Å²) in [7, 11) is -3.21. The van der Waals surface area contributed by atoms with Crippen LogP contribution in [-0.4, -0.2) is 8.42 Å². The lowest BCUT2D eigenvalue weighted by molar-refractivity contribution is 0.589. The van der Waals surface area contributed by atoms with Gasteiger partial charge in [-0.05, 0) is 12.1 Å². The molecule has 0 amide bonds. The molecule has 5 heteroatoms. The first-order chi connectivity index (χ1) is 5.61. The molecule has 0 radical (unpaired) electrons. The zero-order valence-electron chi connectivity index (χ0n) is 6.04. The van der Waals surface area contributed by atoms with Gasteiger partial charge in [-0.25, -0.2) is 13.1 Å². The Morgan fingerprint density at radius 3 is 2.83 bits per heavy atom. The lowest BCUT2D eigenvalue weighted by atomic mass is 10.2. The molecule has 1 aliphatic heterocycles. The molecule has 0 fully saturated rings. The summed E-state index contributed by atoms with van der Waals surface area (Å²) < 4.78 is 25.8. The fourth-order valence-electron chi connectivity index (χ4n) is 1.21. The molecule has 1 heterocycles. The lowest BCUT2D eigenvalue weighted by Gasteiger charge is -1.97. The molecular weight excluding hydrogens is 242 g/mol. The van der Waals surface area contributed by atoms with E-state index in [2.05, 4.69) is 20.7 Å². The normalized spacial score (nSPS) is 19.1. The molecule has 0 aromatic heterocycles. The molecule has 1 aromatic rings. The minimum absolute atomic E-state index is 0.386. The average Bonchev–Trinajstić information content (AvgIpc) is 2.30. The Morgan fingerprint density at radius 1 is 1.42 bits per heavy atom. The number of fused-ring (bicyclic) bond motifs is 1. The minimum atomic E-state index is -3.21. The van der Waals surface area contributed by atoms with E-state index >= 15 is 0 Å². The molecule has 0 bridgehead atoms. The number of rotatable bonds is 0. The SMILES string of the molecule is O=S1(=O)NCc2c(Br)cccc21. The highest BCUT2D eigenvalue weighted by Crippen LogP contribution is 2.28. The van der Waals surface area contributed by atoms with Crippen molar-refractivity contribution in [2.45, 2.75) is 11.4 Å². The van der Waals surface area contributed by atoms with Gasteiger partial charge in [0, 0.05) is 16.6 Å². The van der Waals surface area contributed by atoms with Gasteiger partial charge in [0.2, 0.25) is 10.0 Å². The van der Waals surface area contributed by atoms with Crippen molar-refractivity contribution in [3.63, 3.8) is 0 Å². The van der Waals surface area contributed by atoms with Crippen LogP contribution < -0.4 is 4.72 Å². The molecule has 0 aliphatic carbocycles. The summed E-state index contributed by atoms with van der Waals surface area (Å²) in [6.45, 7) is 0.388. The van der Waals surface area contributed by atoms with Gasteiger partial charge < -0.3 is 0 Å². The van der Waals surface area contributed by atoms with Gasteiger partial charge in [-0.1, -0.05) is 22.0 Å². The Balaban J connectivity index is 2.78. The number of hydrogen-bond acceptors (Lipinski definition) is 2. The summed E-state index contributed by atoms with van der Waals surface area (Å²) in [5.74, 6) is 0. The maximum Gasteiger partial charge on any atom is 0.241 e. The third kappa shape index (κ3) is 1.09. The average molecular weight is 248 g/mol. The third-order valence-corrected chi connectivity index (χ3v) is 4.03. The maximum absolute atomic E-state index is 11.3. The second-order valence-electron chi connectivity index (χ2n) is 2.54. The number of nitrogens with one attached hydrogen (secondary N) is 1. The molecule has 0 unspecified atom stereocenters. The molecule has 12 heavy (non-hydrogen) atoms. The van der Waals surface area contributed by atoms with Crippen molar-refractivity contribution in [1.29, 1.82) is 0 Å². The largest absolute Gasteiger partial charge is 0.241 e. The third-order valence-electron chi connectivity index (χ3n) is 1.80. The van der Waals surface area contributed by atoms with Crippen LogP contribution in [0, 0.1) is 0 Å². The first-order valence-electron chi connectivity index (χ1n) is 3.38. The summed E-state index contributed by atoms with van der Waals surface area (Å²) in [5, 5.41) is 0. The van der Waals surface area contributed by atoms with Gasteiger partial charge >= 0.3 is 0 Å². The molecule has 0 spiro atoms. The van der Waals surface area contributed by atoms with E-state index in [0.29, 0.717) is 11.4 Å². The monoisotopic (exact) mass is 247 g/mol. The Bertz CT molecular complexity index is 427. The number of benzene rings is 1. The molecular formula is C7H6BrNO2S. The number of halogens is 1. The fourth-order valence-corrected chi connectivity index (χ4v) is 3.10. The van der Waals surface area contributed by atoms with E-state index in [9.17, 15) is 8.42 Å². The Morgan fingerprint density at radius 2 is 2.17 bits per heavy atom. The zero-order chi connectivity index (χ0) is 8.77. The van der Waals surface area contributed by atoms with Crippen LogP contribution in [-0.2, 0) is 16.6 Å². The van der Waals surface area contributed by atoms with E-state index in [1.807, 2.05) is 6.07 Å². The summed E-state index contributed by atoms with van der Waals surface area (Å²) in [5.41, 5.74) is 0.817. The molecule has 0 saturated heterocycles. The number of hydrogen-bond donors (Lipinski definition) is 1. The molecule has 64 valence electrons. The molecule has 3 nitrogen and oxygen atoms in total. The highest BCUT2D eigenvalue weighted by molar-refractivity contribution is 9.10. The van der Waals surface area contributed by atoms with Crippen molar-refractivity contribution in [2.75, 3.05) is 0 Å². The summed E-state index contributed by atoms with van der Waals surface area (Å²) >= 11 is 3.29. The highest BCUT2D eigenvalue weighted by atomic mass is 79.9. The quantitative estimate of drug-likeness (QED) is 0.750. The number of sulfonamides is 1. The van der Waals surface area contributed by atoms with Gasteiger partial charge in [0.05, 0.1) is 4.90 Å². The zero-order valence-corrected chi connectivity index (χ0v) is 8.44. The first kappa shape index (κ1) is 8.22. The van der Waals surface area contributed by atoms with E-state index in [0.717, 1.165) is 10.0 Å². The fraction of sp³-hybridized carbons (Fsp3) is 0.143.